The Kier molecular flexibility index (Phi) is 7.34. The summed E-state index contributed by atoms with van der Waals surface area (Å²) >= 11 is 0. The van der Waals surface area contributed by atoms with Crippen LogP contribution >= 0.6 is 0 Å². The van der Waals surface area contributed by atoms with E-state index in [1.165, 1.54) is 4.90 Å². The van der Waals surface area contributed by atoms with Gasteiger partial charge in [0.2, 0.25) is 5.78 Å². The van der Waals surface area contributed by atoms with Crippen molar-refractivity contribution in [2.24, 2.45) is 0 Å². The number of ketones is 1. The first-order valence-corrected chi connectivity index (χ1v) is 11.9. The van der Waals surface area contributed by atoms with Gasteiger partial charge in [-0.1, -0.05) is 43.0 Å². The highest BCUT2D eigenvalue weighted by molar-refractivity contribution is 6.46. The second kappa shape index (κ2) is 10.4. The first-order chi connectivity index (χ1) is 16.4. The van der Waals surface area contributed by atoms with Crippen molar-refractivity contribution in [3.8, 4) is 5.75 Å². The lowest BCUT2D eigenvalue weighted by Gasteiger charge is -2.30. The third kappa shape index (κ3) is 4.72. The standard InChI is InChI=1S/C27H32N2O5/c1-4-19-5-7-20(8-6-19)24-23(25(30)22-10-9-21(33-3)17-18(22)2)26(31)27(32)29(24)12-11-28-13-15-34-16-14-28/h5-10,17,24,30H,4,11-16H2,1-3H3/b25-23+. The zero-order valence-electron chi connectivity index (χ0n) is 20.1. The summed E-state index contributed by atoms with van der Waals surface area (Å²) in [5.41, 5.74) is 3.08. The quantitative estimate of drug-likeness (QED) is 0.371. The Bertz CT molecular complexity index is 1090. The van der Waals surface area contributed by atoms with Crippen LogP contribution in [0.1, 0.15) is 35.2 Å². The third-order valence-electron chi connectivity index (χ3n) is 6.82. The summed E-state index contributed by atoms with van der Waals surface area (Å²) < 4.78 is 10.7. The van der Waals surface area contributed by atoms with Gasteiger partial charge in [0.1, 0.15) is 18.8 Å². The SMILES string of the molecule is CCc1ccc(C2/C(=C(\[O-])c3ccc(OC)cc3C)C(=O)C(=O)N2CC[NH+]2CCOCC2)cc1. The fourth-order valence-electron chi connectivity index (χ4n) is 4.73. The Balaban J connectivity index is 1.75. The van der Waals surface area contributed by atoms with Crippen LogP contribution in [0.4, 0.5) is 0 Å². The molecule has 0 saturated carbocycles. The molecule has 2 aromatic rings. The summed E-state index contributed by atoms with van der Waals surface area (Å²) in [6, 6.07) is 12.3. The van der Waals surface area contributed by atoms with E-state index in [0.29, 0.717) is 43.2 Å². The van der Waals surface area contributed by atoms with Gasteiger partial charge in [0, 0.05) is 5.57 Å². The van der Waals surface area contributed by atoms with Crippen molar-refractivity contribution < 1.29 is 29.1 Å². The van der Waals surface area contributed by atoms with Crippen molar-refractivity contribution in [3.05, 3.63) is 70.3 Å². The number of aryl methyl sites for hydroxylation is 2. The van der Waals surface area contributed by atoms with E-state index in [4.69, 9.17) is 9.47 Å². The fourth-order valence-corrected chi connectivity index (χ4v) is 4.73. The number of likely N-dealkylation sites (tertiary alicyclic amines) is 1. The topological polar surface area (TPSA) is 83.3 Å². The second-order valence-corrected chi connectivity index (χ2v) is 8.86. The zero-order chi connectivity index (χ0) is 24.2. The maximum atomic E-state index is 13.7. The molecule has 0 aromatic heterocycles. The van der Waals surface area contributed by atoms with Gasteiger partial charge in [-0.25, -0.2) is 0 Å². The van der Waals surface area contributed by atoms with Gasteiger partial charge in [-0.05, 0) is 47.7 Å². The number of benzene rings is 2. The molecular formula is C27H32N2O5. The molecule has 7 heteroatoms. The van der Waals surface area contributed by atoms with Crippen LogP contribution in [0.15, 0.2) is 48.0 Å². The summed E-state index contributed by atoms with van der Waals surface area (Å²) in [6.45, 7) is 8.10. The Morgan fingerprint density at radius 3 is 2.47 bits per heavy atom. The first kappa shape index (κ1) is 24.0. The largest absolute Gasteiger partial charge is 0.872 e. The Hall–Kier alpha value is -3.16. The molecule has 2 fully saturated rings. The predicted molar refractivity (Wildman–Crippen MR) is 126 cm³/mol. The third-order valence-corrected chi connectivity index (χ3v) is 6.82. The molecule has 0 spiro atoms. The number of ether oxygens (including phenoxy) is 2. The van der Waals surface area contributed by atoms with Crippen LogP contribution in [0.5, 0.6) is 5.75 Å². The highest BCUT2D eigenvalue weighted by Gasteiger charge is 2.44. The van der Waals surface area contributed by atoms with Crippen molar-refractivity contribution in [2.45, 2.75) is 26.3 Å². The lowest BCUT2D eigenvalue weighted by Crippen LogP contribution is -3.14. The molecule has 2 saturated heterocycles. The number of Topliss-reactive ketones (excluding diaryl/α,β-unsaturated/α-hetero) is 1. The monoisotopic (exact) mass is 464 g/mol. The Morgan fingerprint density at radius 2 is 1.85 bits per heavy atom. The van der Waals surface area contributed by atoms with Crippen LogP contribution in [0.3, 0.4) is 0 Å². The molecule has 4 rings (SSSR count). The van der Waals surface area contributed by atoms with Gasteiger partial charge in [-0.3, -0.25) is 9.59 Å². The summed E-state index contributed by atoms with van der Waals surface area (Å²) in [5, 5.41) is 13.7. The van der Waals surface area contributed by atoms with Gasteiger partial charge in [-0.15, -0.1) is 0 Å². The molecule has 0 bridgehead atoms. The van der Waals surface area contributed by atoms with Gasteiger partial charge < -0.3 is 24.4 Å². The van der Waals surface area contributed by atoms with Gasteiger partial charge in [0.15, 0.2) is 0 Å². The summed E-state index contributed by atoms with van der Waals surface area (Å²) in [7, 11) is 1.56. The number of morpholine rings is 1. The maximum absolute atomic E-state index is 13.7. The van der Waals surface area contributed by atoms with E-state index in [2.05, 4.69) is 6.92 Å². The van der Waals surface area contributed by atoms with Gasteiger partial charge >= 0.3 is 0 Å². The zero-order valence-corrected chi connectivity index (χ0v) is 20.1. The van der Waals surface area contributed by atoms with Gasteiger partial charge in [-0.2, -0.15) is 0 Å². The maximum Gasteiger partial charge on any atom is 0.295 e. The highest BCUT2D eigenvalue weighted by Crippen LogP contribution is 2.39. The molecule has 0 aliphatic carbocycles. The number of methoxy groups -OCH3 is 1. The molecule has 1 atom stereocenters. The molecule has 2 heterocycles. The van der Waals surface area contributed by atoms with E-state index in [1.807, 2.05) is 31.2 Å². The minimum atomic E-state index is -0.707. The van der Waals surface area contributed by atoms with Crippen molar-refractivity contribution in [2.75, 3.05) is 46.5 Å². The molecule has 2 aliphatic rings. The van der Waals surface area contributed by atoms with Crippen LogP contribution < -0.4 is 14.7 Å². The fraction of sp³-hybridized carbons (Fsp3) is 0.407. The summed E-state index contributed by atoms with van der Waals surface area (Å²) in [4.78, 5) is 29.3. The lowest BCUT2D eigenvalue weighted by molar-refractivity contribution is -0.907. The molecule has 0 radical (unpaired) electrons. The number of amides is 1. The van der Waals surface area contributed by atoms with E-state index in [0.717, 1.165) is 30.6 Å². The van der Waals surface area contributed by atoms with E-state index in [-0.39, 0.29) is 5.57 Å². The first-order valence-electron chi connectivity index (χ1n) is 11.9. The predicted octanol–water partition coefficient (Wildman–Crippen LogP) is 0.705. The minimum absolute atomic E-state index is 0.0273. The number of nitrogens with one attached hydrogen (secondary N) is 1. The van der Waals surface area contributed by atoms with E-state index < -0.39 is 23.5 Å². The highest BCUT2D eigenvalue weighted by atomic mass is 16.5. The normalized spacial score (nSPS) is 20.7. The smallest absolute Gasteiger partial charge is 0.295 e. The molecule has 34 heavy (non-hydrogen) atoms. The molecule has 1 amide bonds. The Labute approximate surface area is 200 Å². The molecule has 2 aromatic carbocycles. The molecular weight excluding hydrogens is 432 g/mol. The van der Waals surface area contributed by atoms with Crippen molar-refractivity contribution in [3.63, 3.8) is 0 Å². The average Bonchev–Trinajstić information content (AvgIpc) is 3.12. The van der Waals surface area contributed by atoms with Crippen LogP contribution in [0, 0.1) is 6.92 Å². The van der Waals surface area contributed by atoms with E-state index in [9.17, 15) is 14.7 Å². The number of rotatable bonds is 7. The van der Waals surface area contributed by atoms with Crippen LogP contribution in [0.25, 0.3) is 5.76 Å². The lowest BCUT2D eigenvalue weighted by atomic mass is 9.93. The molecule has 1 unspecified atom stereocenters. The number of nitrogens with zero attached hydrogens (tertiary/aromatic N) is 1. The Morgan fingerprint density at radius 1 is 1.15 bits per heavy atom. The van der Waals surface area contributed by atoms with Crippen molar-refractivity contribution in [1.29, 1.82) is 0 Å². The van der Waals surface area contributed by atoms with Crippen LogP contribution in [-0.2, 0) is 20.7 Å². The number of hydrogen-bond donors (Lipinski definition) is 1. The summed E-state index contributed by atoms with van der Waals surface area (Å²) in [5.74, 6) is -1.08. The van der Waals surface area contributed by atoms with Crippen molar-refractivity contribution in [1.82, 2.24) is 4.90 Å². The molecule has 1 N–H and O–H groups in total. The average molecular weight is 465 g/mol. The number of hydrogen-bond acceptors (Lipinski definition) is 5. The minimum Gasteiger partial charge on any atom is -0.872 e. The molecule has 180 valence electrons. The van der Waals surface area contributed by atoms with Crippen LogP contribution in [-0.4, -0.2) is 63.1 Å². The van der Waals surface area contributed by atoms with Gasteiger partial charge in [0.05, 0.1) is 39.5 Å². The van der Waals surface area contributed by atoms with Crippen molar-refractivity contribution >= 4 is 17.4 Å². The molecule has 7 nitrogen and oxygen atoms in total. The number of carbonyl (C=O) groups excluding carboxylic acids is 2. The van der Waals surface area contributed by atoms with E-state index in [1.54, 1.807) is 30.2 Å². The molecule has 2 aliphatic heterocycles. The summed E-state index contributed by atoms with van der Waals surface area (Å²) in [6.07, 6.45) is 0.882. The van der Waals surface area contributed by atoms with Gasteiger partial charge in [0.25, 0.3) is 5.91 Å². The number of carbonyl (C=O) groups is 2. The second-order valence-electron chi connectivity index (χ2n) is 8.86. The van der Waals surface area contributed by atoms with Crippen LogP contribution in [0.2, 0.25) is 0 Å². The number of quaternary nitrogens is 1. The van der Waals surface area contributed by atoms with E-state index >= 15 is 0 Å².